The Hall–Kier alpha value is -1.06. The van der Waals surface area contributed by atoms with Crippen molar-refractivity contribution in [1.29, 1.82) is 0 Å². The molecule has 0 aromatic heterocycles. The van der Waals surface area contributed by atoms with Gasteiger partial charge in [-0.3, -0.25) is 4.90 Å². The number of nitrogens with zero attached hydrogens (tertiary/aromatic N) is 1. The zero-order chi connectivity index (χ0) is 15.6. The molecule has 1 atom stereocenters. The topological polar surface area (TPSA) is 32.7 Å². The van der Waals surface area contributed by atoms with Gasteiger partial charge in [-0.1, -0.05) is 31.7 Å². The molecule has 3 heteroatoms. The molecule has 1 heterocycles. The molecule has 1 aromatic rings. The predicted molar refractivity (Wildman–Crippen MR) is 91.5 cm³/mol. The molecule has 2 fully saturated rings. The fourth-order valence-electron chi connectivity index (χ4n) is 4.40. The molecule has 0 saturated heterocycles. The Bertz CT molecular complexity index is 534. The highest BCUT2D eigenvalue weighted by Gasteiger charge is 2.28. The van der Waals surface area contributed by atoms with Crippen LogP contribution < -0.4 is 4.74 Å². The van der Waals surface area contributed by atoms with E-state index in [0.29, 0.717) is 5.92 Å². The summed E-state index contributed by atoms with van der Waals surface area (Å²) in [5.74, 6) is 1.46. The molecule has 3 aliphatic rings. The van der Waals surface area contributed by atoms with Crippen molar-refractivity contribution in [2.45, 2.75) is 70.1 Å². The van der Waals surface area contributed by atoms with E-state index < -0.39 is 0 Å². The average molecular weight is 315 g/mol. The van der Waals surface area contributed by atoms with Gasteiger partial charge in [0.1, 0.15) is 12.4 Å². The monoisotopic (exact) mass is 315 g/mol. The normalized spacial score (nSPS) is 25.1. The number of rotatable bonds is 3. The number of hydrogen-bond acceptors (Lipinski definition) is 3. The van der Waals surface area contributed by atoms with Crippen LogP contribution >= 0.6 is 0 Å². The summed E-state index contributed by atoms with van der Waals surface area (Å²) in [4.78, 5) is 2.58. The van der Waals surface area contributed by atoms with Crippen molar-refractivity contribution in [3.8, 4) is 5.75 Å². The lowest BCUT2D eigenvalue weighted by atomic mass is 9.82. The molecule has 0 spiro atoms. The van der Waals surface area contributed by atoms with Crippen LogP contribution in [0.5, 0.6) is 5.75 Å². The van der Waals surface area contributed by atoms with Gasteiger partial charge in [-0.05, 0) is 49.3 Å². The van der Waals surface area contributed by atoms with Crippen molar-refractivity contribution < 1.29 is 9.84 Å². The molecule has 0 radical (unpaired) electrons. The van der Waals surface area contributed by atoms with Crippen LogP contribution in [0.3, 0.4) is 0 Å². The van der Waals surface area contributed by atoms with E-state index in [1.165, 1.54) is 56.9 Å². The molecule has 4 rings (SSSR count). The average Bonchev–Trinajstić information content (AvgIpc) is 2.74. The highest BCUT2D eigenvalue weighted by atomic mass is 16.5. The van der Waals surface area contributed by atoms with E-state index in [2.05, 4.69) is 23.1 Å². The second-order valence-electron chi connectivity index (χ2n) is 7.61. The summed E-state index contributed by atoms with van der Waals surface area (Å²) < 4.78 is 5.95. The Balaban J connectivity index is 1.52. The number of ether oxygens (including phenoxy) is 1. The van der Waals surface area contributed by atoms with Crippen LogP contribution in [0, 0.1) is 5.92 Å². The van der Waals surface area contributed by atoms with Crippen LogP contribution in [-0.2, 0) is 6.54 Å². The fraction of sp³-hybridized carbons (Fsp3) is 0.700. The van der Waals surface area contributed by atoms with E-state index in [1.807, 2.05) is 0 Å². The van der Waals surface area contributed by atoms with E-state index in [-0.39, 0.29) is 6.10 Å². The predicted octanol–water partition coefficient (Wildman–Crippen LogP) is 4.05. The van der Waals surface area contributed by atoms with E-state index in [1.54, 1.807) is 0 Å². The summed E-state index contributed by atoms with van der Waals surface area (Å²) in [6, 6.07) is 7.13. The third-order valence-corrected chi connectivity index (χ3v) is 6.12. The van der Waals surface area contributed by atoms with Crippen molar-refractivity contribution in [1.82, 2.24) is 4.90 Å². The smallest absolute Gasteiger partial charge is 0.123 e. The lowest BCUT2D eigenvalue weighted by Crippen LogP contribution is -2.40. The second kappa shape index (κ2) is 6.82. The molecule has 1 N–H and O–H groups in total. The quantitative estimate of drug-likeness (QED) is 0.913. The Morgan fingerprint density at radius 1 is 1.04 bits per heavy atom. The number of benzene rings is 1. The maximum Gasteiger partial charge on any atom is 0.123 e. The van der Waals surface area contributed by atoms with Crippen LogP contribution in [0.2, 0.25) is 0 Å². The van der Waals surface area contributed by atoms with Gasteiger partial charge in [-0.15, -0.1) is 0 Å². The van der Waals surface area contributed by atoms with Gasteiger partial charge in [0.2, 0.25) is 0 Å². The summed E-state index contributed by atoms with van der Waals surface area (Å²) in [6.45, 7) is 2.79. The van der Waals surface area contributed by atoms with Gasteiger partial charge in [0.15, 0.2) is 0 Å². The van der Waals surface area contributed by atoms with E-state index in [4.69, 9.17) is 4.74 Å². The lowest BCUT2D eigenvalue weighted by Gasteiger charge is -2.36. The van der Waals surface area contributed by atoms with Gasteiger partial charge in [0.05, 0.1) is 6.10 Å². The van der Waals surface area contributed by atoms with Crippen molar-refractivity contribution in [3.05, 3.63) is 29.3 Å². The van der Waals surface area contributed by atoms with Crippen LogP contribution in [0.1, 0.15) is 68.6 Å². The van der Waals surface area contributed by atoms with Gasteiger partial charge >= 0.3 is 0 Å². The molecule has 1 aromatic carbocycles. The summed E-state index contributed by atoms with van der Waals surface area (Å²) in [6.07, 6.45) is 9.94. The fourth-order valence-corrected chi connectivity index (χ4v) is 4.40. The Morgan fingerprint density at radius 3 is 2.61 bits per heavy atom. The minimum Gasteiger partial charge on any atom is -0.492 e. The first-order valence-electron chi connectivity index (χ1n) is 9.49. The minimum atomic E-state index is -0.305. The first-order chi connectivity index (χ1) is 11.3. The highest BCUT2D eigenvalue weighted by molar-refractivity contribution is 5.39. The number of aliphatic hydroxyl groups is 1. The highest BCUT2D eigenvalue weighted by Crippen LogP contribution is 2.37. The van der Waals surface area contributed by atoms with Gasteiger partial charge < -0.3 is 9.84 Å². The first-order valence-corrected chi connectivity index (χ1v) is 9.49. The summed E-state index contributed by atoms with van der Waals surface area (Å²) in [5.41, 5.74) is 2.36. The molecule has 0 amide bonds. The number of fused-ring (bicyclic) bond motifs is 1. The van der Waals surface area contributed by atoms with Gasteiger partial charge in [0, 0.05) is 24.7 Å². The SMILES string of the molecule is OC(c1ccc2c(c1)CN(C1CCC1)CCO2)C1CCCCC1. The standard InChI is InChI=1S/C20H29NO2/c22-20(15-5-2-1-3-6-15)16-9-10-19-17(13-16)14-21(11-12-23-19)18-7-4-8-18/h9-10,13,15,18,20,22H,1-8,11-12,14H2. The maximum absolute atomic E-state index is 10.8. The molecule has 3 nitrogen and oxygen atoms in total. The third kappa shape index (κ3) is 3.27. The molecule has 0 bridgehead atoms. The van der Waals surface area contributed by atoms with Crippen LogP contribution in [-0.4, -0.2) is 29.2 Å². The molecular weight excluding hydrogens is 286 g/mol. The minimum absolute atomic E-state index is 0.305. The summed E-state index contributed by atoms with van der Waals surface area (Å²) in [7, 11) is 0. The Labute approximate surface area is 139 Å². The summed E-state index contributed by atoms with van der Waals surface area (Å²) in [5, 5.41) is 10.8. The van der Waals surface area contributed by atoms with Crippen LogP contribution in [0.25, 0.3) is 0 Å². The van der Waals surface area contributed by atoms with Crippen LogP contribution in [0.4, 0.5) is 0 Å². The lowest BCUT2D eigenvalue weighted by molar-refractivity contribution is 0.0846. The Kier molecular flexibility index (Phi) is 4.59. The molecule has 2 aliphatic carbocycles. The van der Waals surface area contributed by atoms with Crippen molar-refractivity contribution in [2.75, 3.05) is 13.2 Å². The van der Waals surface area contributed by atoms with E-state index >= 15 is 0 Å². The molecule has 1 unspecified atom stereocenters. The second-order valence-corrected chi connectivity index (χ2v) is 7.61. The molecule has 1 aliphatic heterocycles. The molecule has 23 heavy (non-hydrogen) atoms. The number of hydrogen-bond donors (Lipinski definition) is 1. The third-order valence-electron chi connectivity index (χ3n) is 6.12. The van der Waals surface area contributed by atoms with Crippen molar-refractivity contribution >= 4 is 0 Å². The van der Waals surface area contributed by atoms with E-state index in [0.717, 1.165) is 37.1 Å². The van der Waals surface area contributed by atoms with Gasteiger partial charge in [-0.25, -0.2) is 0 Å². The van der Waals surface area contributed by atoms with Gasteiger partial charge in [-0.2, -0.15) is 0 Å². The van der Waals surface area contributed by atoms with Crippen LogP contribution in [0.15, 0.2) is 18.2 Å². The molecule has 2 saturated carbocycles. The van der Waals surface area contributed by atoms with Crippen molar-refractivity contribution in [2.24, 2.45) is 5.92 Å². The zero-order valence-corrected chi connectivity index (χ0v) is 14.0. The maximum atomic E-state index is 10.8. The molecule has 126 valence electrons. The van der Waals surface area contributed by atoms with Crippen molar-refractivity contribution in [3.63, 3.8) is 0 Å². The molecular formula is C20H29NO2. The van der Waals surface area contributed by atoms with Gasteiger partial charge in [0.25, 0.3) is 0 Å². The van der Waals surface area contributed by atoms with E-state index in [9.17, 15) is 5.11 Å². The largest absolute Gasteiger partial charge is 0.492 e. The Morgan fingerprint density at radius 2 is 1.87 bits per heavy atom. The zero-order valence-electron chi connectivity index (χ0n) is 14.0. The summed E-state index contributed by atoms with van der Waals surface area (Å²) >= 11 is 0. The number of aliphatic hydroxyl groups excluding tert-OH is 1. The first kappa shape index (κ1) is 15.5.